The van der Waals surface area contributed by atoms with Crippen LogP contribution < -0.4 is 5.32 Å². The van der Waals surface area contributed by atoms with Crippen molar-refractivity contribution >= 4 is 6.09 Å². The van der Waals surface area contributed by atoms with E-state index >= 15 is 0 Å². The molecule has 37 heavy (non-hydrogen) atoms. The van der Waals surface area contributed by atoms with Gasteiger partial charge in [0.1, 0.15) is 6.61 Å². The van der Waals surface area contributed by atoms with Crippen LogP contribution in [0.15, 0.2) is 48.5 Å². The second-order valence-corrected chi connectivity index (χ2v) is 10.0. The van der Waals surface area contributed by atoms with Gasteiger partial charge in [-0.3, -0.25) is 0 Å². The van der Waals surface area contributed by atoms with Crippen molar-refractivity contribution in [2.45, 2.75) is 83.5 Å². The number of hydrogen-bond donors (Lipinski definition) is 1. The van der Waals surface area contributed by atoms with Gasteiger partial charge in [0.15, 0.2) is 0 Å². The minimum atomic E-state index is -0.373. The zero-order chi connectivity index (χ0) is 26.0. The highest BCUT2D eigenvalue weighted by molar-refractivity contribution is 5.79. The molecule has 1 amide bonds. The van der Waals surface area contributed by atoms with Crippen LogP contribution >= 0.6 is 0 Å². The van der Waals surface area contributed by atoms with Crippen LogP contribution in [0.5, 0.6) is 0 Å². The first-order valence-electron chi connectivity index (χ1n) is 14.6. The number of hydrogen-bond acceptors (Lipinski definition) is 4. The van der Waals surface area contributed by atoms with Crippen LogP contribution in [0.3, 0.4) is 0 Å². The molecule has 0 bridgehead atoms. The van der Waals surface area contributed by atoms with Crippen molar-refractivity contribution in [1.82, 2.24) is 5.32 Å². The molecule has 3 rings (SSSR count). The molecule has 5 nitrogen and oxygen atoms in total. The maximum atomic E-state index is 12.2. The lowest BCUT2D eigenvalue weighted by molar-refractivity contribution is 0.0453. The van der Waals surface area contributed by atoms with Gasteiger partial charge in [0.05, 0.1) is 13.2 Å². The van der Waals surface area contributed by atoms with E-state index in [4.69, 9.17) is 14.2 Å². The Labute approximate surface area is 224 Å². The molecule has 2 aromatic carbocycles. The number of carbonyl (C=O) groups is 1. The molecule has 204 valence electrons. The molecule has 5 heteroatoms. The van der Waals surface area contributed by atoms with Crippen molar-refractivity contribution in [2.24, 2.45) is 0 Å². The number of rotatable bonds is 20. The standard InChI is InChI=1S/C32H47NO4/c1-2-3-4-5-6-7-8-9-10-15-22-35-24-25-36-23-16-21-33-32(34)37-26-31-29-19-13-11-17-27(29)28-18-12-14-20-30(28)31/h11-14,17-20,31H,2-10,15-16,21-26H2,1H3,(H,33,34). The lowest BCUT2D eigenvalue weighted by Crippen LogP contribution is -2.27. The summed E-state index contributed by atoms with van der Waals surface area (Å²) in [6, 6.07) is 16.7. The fourth-order valence-corrected chi connectivity index (χ4v) is 5.03. The Hall–Kier alpha value is -2.37. The minimum absolute atomic E-state index is 0.0850. The van der Waals surface area contributed by atoms with Crippen molar-refractivity contribution in [2.75, 3.05) is 39.6 Å². The molecule has 0 fully saturated rings. The summed E-state index contributed by atoms with van der Waals surface area (Å²) in [5.41, 5.74) is 4.91. The molecule has 0 aromatic heterocycles. The number of amides is 1. The molecule has 0 radical (unpaired) electrons. The van der Waals surface area contributed by atoms with Gasteiger partial charge in [-0.05, 0) is 35.1 Å². The first kappa shape index (κ1) is 29.2. The van der Waals surface area contributed by atoms with Gasteiger partial charge in [0, 0.05) is 25.7 Å². The SMILES string of the molecule is CCCCCCCCCCCCOCCOCCCNC(=O)OCC1c2ccccc2-c2ccccc21. The Morgan fingerprint density at radius 3 is 1.78 bits per heavy atom. The highest BCUT2D eigenvalue weighted by Gasteiger charge is 2.28. The van der Waals surface area contributed by atoms with Gasteiger partial charge in [-0.25, -0.2) is 4.79 Å². The van der Waals surface area contributed by atoms with E-state index in [1.165, 1.54) is 80.0 Å². The summed E-state index contributed by atoms with van der Waals surface area (Å²) >= 11 is 0. The van der Waals surface area contributed by atoms with Crippen molar-refractivity contribution in [1.29, 1.82) is 0 Å². The normalized spacial score (nSPS) is 12.4. The first-order valence-corrected chi connectivity index (χ1v) is 14.6. The van der Waals surface area contributed by atoms with Crippen molar-refractivity contribution in [3.63, 3.8) is 0 Å². The Morgan fingerprint density at radius 1 is 0.676 bits per heavy atom. The molecule has 1 aliphatic rings. The van der Waals surface area contributed by atoms with Crippen LogP contribution in [-0.2, 0) is 14.2 Å². The summed E-state index contributed by atoms with van der Waals surface area (Å²) in [4.78, 5) is 12.2. The van der Waals surface area contributed by atoms with Crippen LogP contribution in [0.1, 0.15) is 94.6 Å². The molecule has 1 N–H and O–H groups in total. The molecule has 0 atom stereocenters. The number of alkyl carbamates (subject to hydrolysis) is 1. The van der Waals surface area contributed by atoms with E-state index in [1.54, 1.807) is 0 Å². The first-order chi connectivity index (χ1) is 18.3. The lowest BCUT2D eigenvalue weighted by Gasteiger charge is -2.14. The highest BCUT2D eigenvalue weighted by atomic mass is 16.5. The fourth-order valence-electron chi connectivity index (χ4n) is 5.03. The Bertz CT molecular complexity index is 854. The number of nitrogens with one attached hydrogen (secondary N) is 1. The monoisotopic (exact) mass is 509 g/mol. The molecule has 0 saturated carbocycles. The summed E-state index contributed by atoms with van der Waals surface area (Å²) in [5.74, 6) is 0.0850. The summed E-state index contributed by atoms with van der Waals surface area (Å²) in [7, 11) is 0. The Balaban J connectivity index is 1.12. The quantitative estimate of drug-likeness (QED) is 0.185. The summed E-state index contributed by atoms with van der Waals surface area (Å²) in [6.07, 6.45) is 13.8. The predicted molar refractivity (Wildman–Crippen MR) is 151 cm³/mol. The number of ether oxygens (including phenoxy) is 3. The van der Waals surface area contributed by atoms with Crippen molar-refractivity contribution in [3.8, 4) is 11.1 Å². The van der Waals surface area contributed by atoms with Gasteiger partial charge in [-0.15, -0.1) is 0 Å². The molecule has 2 aromatic rings. The maximum Gasteiger partial charge on any atom is 0.407 e. The zero-order valence-electron chi connectivity index (χ0n) is 22.8. The molecular weight excluding hydrogens is 462 g/mol. The molecule has 0 aliphatic heterocycles. The van der Waals surface area contributed by atoms with Gasteiger partial charge < -0.3 is 19.5 Å². The van der Waals surface area contributed by atoms with Crippen LogP contribution in [0.25, 0.3) is 11.1 Å². The average Bonchev–Trinajstić information content (AvgIpc) is 3.25. The second-order valence-electron chi connectivity index (χ2n) is 10.0. The summed E-state index contributed by atoms with van der Waals surface area (Å²) < 4.78 is 16.8. The van der Waals surface area contributed by atoms with E-state index in [2.05, 4.69) is 48.6 Å². The van der Waals surface area contributed by atoms with E-state index in [0.717, 1.165) is 19.4 Å². The van der Waals surface area contributed by atoms with Gasteiger partial charge in [0.2, 0.25) is 0 Å². The average molecular weight is 510 g/mol. The smallest absolute Gasteiger partial charge is 0.407 e. The zero-order valence-corrected chi connectivity index (χ0v) is 22.8. The molecule has 1 aliphatic carbocycles. The summed E-state index contributed by atoms with van der Waals surface area (Å²) in [5, 5.41) is 2.83. The van der Waals surface area contributed by atoms with E-state index in [1.807, 2.05) is 12.1 Å². The highest BCUT2D eigenvalue weighted by Crippen LogP contribution is 2.44. The number of benzene rings is 2. The number of unbranched alkanes of at least 4 members (excludes halogenated alkanes) is 9. The third-order valence-corrected chi connectivity index (χ3v) is 7.09. The number of fused-ring (bicyclic) bond motifs is 3. The molecule has 0 unspecified atom stereocenters. The van der Waals surface area contributed by atoms with E-state index in [-0.39, 0.29) is 12.0 Å². The Kier molecular flexibility index (Phi) is 14.2. The van der Waals surface area contributed by atoms with E-state index in [9.17, 15) is 4.79 Å². The third kappa shape index (κ3) is 10.5. The maximum absolute atomic E-state index is 12.2. The second kappa shape index (κ2) is 18.0. The van der Waals surface area contributed by atoms with Crippen LogP contribution in [-0.4, -0.2) is 45.7 Å². The van der Waals surface area contributed by atoms with Crippen LogP contribution in [0.2, 0.25) is 0 Å². The summed E-state index contributed by atoms with van der Waals surface area (Å²) in [6.45, 7) is 5.81. The molecular formula is C32H47NO4. The van der Waals surface area contributed by atoms with Crippen molar-refractivity contribution in [3.05, 3.63) is 59.7 Å². The van der Waals surface area contributed by atoms with Gasteiger partial charge >= 0.3 is 6.09 Å². The van der Waals surface area contributed by atoms with Gasteiger partial charge in [-0.1, -0.05) is 113 Å². The predicted octanol–water partition coefficient (Wildman–Crippen LogP) is 7.87. The third-order valence-electron chi connectivity index (χ3n) is 7.09. The van der Waals surface area contributed by atoms with Crippen LogP contribution in [0, 0.1) is 0 Å². The minimum Gasteiger partial charge on any atom is -0.449 e. The molecule has 0 heterocycles. The largest absolute Gasteiger partial charge is 0.449 e. The fraction of sp³-hybridized carbons (Fsp3) is 0.594. The molecule has 0 spiro atoms. The van der Waals surface area contributed by atoms with Gasteiger partial charge in [0.25, 0.3) is 0 Å². The topological polar surface area (TPSA) is 56.8 Å². The Morgan fingerprint density at radius 2 is 1.19 bits per heavy atom. The molecule has 0 saturated heterocycles. The van der Waals surface area contributed by atoms with Crippen LogP contribution in [0.4, 0.5) is 4.79 Å². The van der Waals surface area contributed by atoms with E-state index < -0.39 is 0 Å². The lowest BCUT2D eigenvalue weighted by atomic mass is 9.98. The van der Waals surface area contributed by atoms with Gasteiger partial charge in [-0.2, -0.15) is 0 Å². The van der Waals surface area contributed by atoms with E-state index in [0.29, 0.717) is 33.0 Å². The van der Waals surface area contributed by atoms with Crippen molar-refractivity contribution < 1.29 is 19.0 Å². The number of carbonyl (C=O) groups excluding carboxylic acids is 1.